The van der Waals surface area contributed by atoms with Gasteiger partial charge in [0.2, 0.25) is 11.8 Å². The van der Waals surface area contributed by atoms with E-state index in [0.29, 0.717) is 0 Å². The van der Waals surface area contributed by atoms with Crippen LogP contribution >= 0.6 is 0 Å². The number of hydrogen-bond donors (Lipinski definition) is 3. The smallest absolute Gasteiger partial charge is 0.224 e. The highest BCUT2D eigenvalue weighted by atomic mass is 16.2. The van der Waals surface area contributed by atoms with Crippen molar-refractivity contribution in [1.82, 2.24) is 10.3 Å². The van der Waals surface area contributed by atoms with Gasteiger partial charge < -0.3 is 16.0 Å². The van der Waals surface area contributed by atoms with Crippen LogP contribution in [0, 0.1) is 0 Å². The Bertz CT molecular complexity index is 643. The SMILES string of the molecule is CC(C)(CC(N)=O)NC(=O)Cc1c[nH]c2ccccc12. The molecule has 0 bridgehead atoms. The first-order valence-electron chi connectivity index (χ1n) is 6.52. The van der Waals surface area contributed by atoms with E-state index >= 15 is 0 Å². The van der Waals surface area contributed by atoms with E-state index in [4.69, 9.17) is 5.73 Å². The summed E-state index contributed by atoms with van der Waals surface area (Å²) in [5.74, 6) is -0.552. The predicted molar refractivity (Wildman–Crippen MR) is 78.0 cm³/mol. The minimum atomic E-state index is -0.630. The van der Waals surface area contributed by atoms with Gasteiger partial charge in [0.05, 0.1) is 6.42 Å². The summed E-state index contributed by atoms with van der Waals surface area (Å²) in [6.45, 7) is 3.57. The molecule has 0 aliphatic carbocycles. The van der Waals surface area contributed by atoms with Crippen LogP contribution in [-0.4, -0.2) is 22.3 Å². The monoisotopic (exact) mass is 273 g/mol. The third-order valence-corrected chi connectivity index (χ3v) is 3.12. The van der Waals surface area contributed by atoms with E-state index in [1.54, 1.807) is 13.8 Å². The molecule has 0 aliphatic heterocycles. The van der Waals surface area contributed by atoms with Gasteiger partial charge in [-0.05, 0) is 25.5 Å². The third kappa shape index (κ3) is 3.38. The standard InChI is InChI=1S/C15H19N3O2/c1-15(2,8-13(16)19)18-14(20)7-10-9-17-12-6-4-3-5-11(10)12/h3-6,9,17H,7-8H2,1-2H3,(H2,16,19)(H,18,20). The summed E-state index contributed by atoms with van der Waals surface area (Å²) in [5.41, 5.74) is 6.48. The Morgan fingerprint density at radius 3 is 2.70 bits per heavy atom. The number of carbonyl (C=O) groups excluding carboxylic acids is 2. The van der Waals surface area contributed by atoms with E-state index in [1.165, 1.54) is 0 Å². The van der Waals surface area contributed by atoms with Gasteiger partial charge in [-0.1, -0.05) is 18.2 Å². The van der Waals surface area contributed by atoms with Crippen molar-refractivity contribution >= 4 is 22.7 Å². The molecule has 20 heavy (non-hydrogen) atoms. The average molecular weight is 273 g/mol. The van der Waals surface area contributed by atoms with Crippen molar-refractivity contribution in [3.63, 3.8) is 0 Å². The summed E-state index contributed by atoms with van der Waals surface area (Å²) < 4.78 is 0. The van der Waals surface area contributed by atoms with Gasteiger partial charge in [-0.3, -0.25) is 9.59 Å². The average Bonchev–Trinajstić information content (AvgIpc) is 2.70. The number of rotatable bonds is 5. The first-order valence-corrected chi connectivity index (χ1v) is 6.52. The molecule has 5 heteroatoms. The van der Waals surface area contributed by atoms with Crippen molar-refractivity contribution in [2.24, 2.45) is 5.73 Å². The molecule has 106 valence electrons. The third-order valence-electron chi connectivity index (χ3n) is 3.12. The first-order chi connectivity index (χ1) is 9.37. The van der Waals surface area contributed by atoms with E-state index in [2.05, 4.69) is 10.3 Å². The first kappa shape index (κ1) is 14.1. The number of hydrogen-bond acceptors (Lipinski definition) is 2. The van der Waals surface area contributed by atoms with Gasteiger partial charge in [-0.25, -0.2) is 0 Å². The van der Waals surface area contributed by atoms with Crippen LogP contribution in [0.3, 0.4) is 0 Å². The molecule has 2 rings (SSSR count). The molecule has 0 radical (unpaired) electrons. The zero-order valence-corrected chi connectivity index (χ0v) is 11.7. The number of fused-ring (bicyclic) bond motifs is 1. The lowest BCUT2D eigenvalue weighted by Gasteiger charge is -2.24. The molecule has 0 fully saturated rings. The molecule has 1 aromatic carbocycles. The largest absolute Gasteiger partial charge is 0.370 e. The lowest BCUT2D eigenvalue weighted by molar-refractivity contribution is -0.123. The van der Waals surface area contributed by atoms with Crippen molar-refractivity contribution in [2.45, 2.75) is 32.2 Å². The van der Waals surface area contributed by atoms with Gasteiger partial charge in [0.25, 0.3) is 0 Å². The highest BCUT2D eigenvalue weighted by molar-refractivity contribution is 5.89. The van der Waals surface area contributed by atoms with Crippen LogP contribution < -0.4 is 11.1 Å². The Morgan fingerprint density at radius 1 is 1.30 bits per heavy atom. The van der Waals surface area contributed by atoms with Crippen molar-refractivity contribution in [3.05, 3.63) is 36.0 Å². The molecule has 0 aliphatic rings. The van der Waals surface area contributed by atoms with E-state index in [9.17, 15) is 9.59 Å². The van der Waals surface area contributed by atoms with Gasteiger partial charge in [0, 0.05) is 29.1 Å². The second kappa shape index (κ2) is 5.36. The summed E-state index contributed by atoms with van der Waals surface area (Å²) in [6.07, 6.45) is 2.23. The minimum absolute atomic E-state index is 0.118. The van der Waals surface area contributed by atoms with E-state index in [1.807, 2.05) is 30.5 Å². The van der Waals surface area contributed by atoms with Crippen LogP contribution in [0.2, 0.25) is 0 Å². The van der Waals surface area contributed by atoms with Crippen molar-refractivity contribution in [1.29, 1.82) is 0 Å². The maximum atomic E-state index is 12.1. The van der Waals surface area contributed by atoms with Gasteiger partial charge in [0.1, 0.15) is 0 Å². The Morgan fingerprint density at radius 2 is 2.00 bits per heavy atom. The summed E-state index contributed by atoms with van der Waals surface area (Å²) in [6, 6.07) is 7.82. The van der Waals surface area contributed by atoms with Crippen LogP contribution in [0.5, 0.6) is 0 Å². The zero-order valence-electron chi connectivity index (χ0n) is 11.7. The van der Waals surface area contributed by atoms with Crippen LogP contribution in [0.25, 0.3) is 10.9 Å². The Kier molecular flexibility index (Phi) is 3.79. The number of para-hydroxylation sites is 1. The molecule has 5 nitrogen and oxygen atoms in total. The zero-order chi connectivity index (χ0) is 14.8. The van der Waals surface area contributed by atoms with E-state index in [-0.39, 0.29) is 18.7 Å². The molecular formula is C15H19N3O2. The van der Waals surface area contributed by atoms with E-state index < -0.39 is 11.4 Å². The summed E-state index contributed by atoms with van der Waals surface area (Å²) in [7, 11) is 0. The summed E-state index contributed by atoms with van der Waals surface area (Å²) in [4.78, 5) is 26.2. The van der Waals surface area contributed by atoms with Gasteiger partial charge >= 0.3 is 0 Å². The maximum absolute atomic E-state index is 12.1. The van der Waals surface area contributed by atoms with Crippen LogP contribution in [0.1, 0.15) is 25.8 Å². The minimum Gasteiger partial charge on any atom is -0.370 e. The Labute approximate surface area is 117 Å². The van der Waals surface area contributed by atoms with Crippen LogP contribution in [-0.2, 0) is 16.0 Å². The Balaban J connectivity index is 2.06. The summed E-state index contributed by atoms with van der Waals surface area (Å²) >= 11 is 0. The van der Waals surface area contributed by atoms with Gasteiger partial charge in [-0.15, -0.1) is 0 Å². The molecule has 0 saturated heterocycles. The summed E-state index contributed by atoms with van der Waals surface area (Å²) in [5, 5.41) is 3.87. The second-order valence-corrected chi connectivity index (χ2v) is 5.61. The molecule has 0 atom stereocenters. The van der Waals surface area contributed by atoms with Crippen LogP contribution in [0.15, 0.2) is 30.5 Å². The number of H-pyrrole nitrogens is 1. The normalized spacial score (nSPS) is 11.5. The molecule has 2 amide bonds. The fourth-order valence-corrected chi connectivity index (χ4v) is 2.35. The number of primary amides is 1. The number of nitrogens with one attached hydrogen (secondary N) is 2. The predicted octanol–water partition coefficient (Wildman–Crippen LogP) is 1.48. The highest BCUT2D eigenvalue weighted by Gasteiger charge is 2.23. The number of amides is 2. The number of aromatic nitrogens is 1. The molecule has 0 unspecified atom stereocenters. The number of nitrogens with two attached hydrogens (primary N) is 1. The van der Waals surface area contributed by atoms with Crippen molar-refractivity contribution in [3.8, 4) is 0 Å². The Hall–Kier alpha value is -2.30. The van der Waals surface area contributed by atoms with Crippen molar-refractivity contribution in [2.75, 3.05) is 0 Å². The molecule has 1 aromatic heterocycles. The quantitative estimate of drug-likeness (QED) is 0.770. The van der Waals surface area contributed by atoms with Gasteiger partial charge in [0.15, 0.2) is 0 Å². The molecule has 0 saturated carbocycles. The van der Waals surface area contributed by atoms with E-state index in [0.717, 1.165) is 16.5 Å². The number of aromatic amines is 1. The fraction of sp³-hybridized carbons (Fsp3) is 0.333. The van der Waals surface area contributed by atoms with Gasteiger partial charge in [-0.2, -0.15) is 0 Å². The molecule has 4 N–H and O–H groups in total. The van der Waals surface area contributed by atoms with Crippen LogP contribution in [0.4, 0.5) is 0 Å². The lowest BCUT2D eigenvalue weighted by Crippen LogP contribution is -2.46. The topological polar surface area (TPSA) is 88.0 Å². The lowest BCUT2D eigenvalue weighted by atomic mass is 9.99. The molecular weight excluding hydrogens is 254 g/mol. The second-order valence-electron chi connectivity index (χ2n) is 5.61. The highest BCUT2D eigenvalue weighted by Crippen LogP contribution is 2.18. The number of carbonyl (C=O) groups is 2. The molecule has 1 heterocycles. The molecule has 2 aromatic rings. The fourth-order valence-electron chi connectivity index (χ4n) is 2.35. The van der Waals surface area contributed by atoms with Crippen molar-refractivity contribution < 1.29 is 9.59 Å². The number of benzene rings is 1. The maximum Gasteiger partial charge on any atom is 0.224 e. The molecule has 0 spiro atoms.